The van der Waals surface area contributed by atoms with E-state index in [4.69, 9.17) is 22.1 Å². The second-order valence-electron chi connectivity index (χ2n) is 4.77. The molecule has 0 aliphatic rings. The van der Waals surface area contributed by atoms with Crippen LogP contribution in [-0.2, 0) is 11.2 Å². The molecule has 0 unspecified atom stereocenters. The minimum absolute atomic E-state index is 0.155. The summed E-state index contributed by atoms with van der Waals surface area (Å²) in [6.45, 7) is 1.99. The molecule has 3 N–H and O–H groups in total. The molecule has 2 aromatic rings. The van der Waals surface area contributed by atoms with Crippen LogP contribution < -0.4 is 10.6 Å². The number of anilines is 2. The zero-order valence-corrected chi connectivity index (χ0v) is 14.7. The van der Waals surface area contributed by atoms with Gasteiger partial charge in [0.1, 0.15) is 5.00 Å². The standard InChI is InChI=1S/C16H16N2O4S2/c1-3-11-8-12(15(21)22-2)13(24-11)18-16(23)17-10-6-4-5-9(7-10)14(19)20/h4-8H,3H2,1-2H3,(H,19,20)(H2,17,18,23). The number of aromatic carboxylic acids is 1. The number of esters is 1. The van der Waals surface area contributed by atoms with Gasteiger partial charge in [-0.3, -0.25) is 0 Å². The predicted octanol–water partition coefficient (Wildman–Crippen LogP) is 3.60. The third-order valence-corrected chi connectivity index (χ3v) is 4.53. The number of thiocarbonyl (C=S) groups is 1. The number of benzene rings is 1. The lowest BCUT2D eigenvalue weighted by Gasteiger charge is -2.10. The van der Waals surface area contributed by atoms with Crippen LogP contribution in [0.4, 0.5) is 10.7 Å². The van der Waals surface area contributed by atoms with Gasteiger partial charge in [-0.2, -0.15) is 0 Å². The Balaban J connectivity index is 2.15. The Morgan fingerprint density at radius 1 is 1.29 bits per heavy atom. The van der Waals surface area contributed by atoms with Gasteiger partial charge in [0.25, 0.3) is 0 Å². The molecule has 8 heteroatoms. The predicted molar refractivity (Wildman–Crippen MR) is 98.3 cm³/mol. The monoisotopic (exact) mass is 364 g/mol. The Labute approximate surface area is 148 Å². The number of carbonyl (C=O) groups excluding carboxylic acids is 1. The third-order valence-electron chi connectivity index (χ3n) is 3.13. The van der Waals surface area contributed by atoms with E-state index in [-0.39, 0.29) is 10.7 Å². The molecule has 1 aromatic carbocycles. The zero-order valence-electron chi connectivity index (χ0n) is 13.1. The SMILES string of the molecule is CCc1cc(C(=O)OC)c(NC(=S)Nc2cccc(C(=O)O)c2)s1. The first kappa shape index (κ1) is 17.9. The summed E-state index contributed by atoms with van der Waals surface area (Å²) in [4.78, 5) is 23.9. The van der Waals surface area contributed by atoms with Gasteiger partial charge >= 0.3 is 11.9 Å². The zero-order chi connectivity index (χ0) is 17.7. The second-order valence-corrected chi connectivity index (χ2v) is 6.31. The summed E-state index contributed by atoms with van der Waals surface area (Å²) in [6.07, 6.45) is 0.789. The number of methoxy groups -OCH3 is 1. The molecule has 0 atom stereocenters. The van der Waals surface area contributed by atoms with E-state index in [0.717, 1.165) is 11.3 Å². The molecule has 0 saturated carbocycles. The molecule has 0 saturated heterocycles. The second kappa shape index (κ2) is 7.89. The largest absolute Gasteiger partial charge is 0.478 e. The van der Waals surface area contributed by atoms with Crippen LogP contribution in [0.3, 0.4) is 0 Å². The molecule has 0 fully saturated rings. The summed E-state index contributed by atoms with van der Waals surface area (Å²) in [5.74, 6) is -1.46. The van der Waals surface area contributed by atoms with Crippen LogP contribution in [0.15, 0.2) is 30.3 Å². The van der Waals surface area contributed by atoms with Crippen molar-refractivity contribution in [2.45, 2.75) is 13.3 Å². The summed E-state index contributed by atoms with van der Waals surface area (Å²) in [5.41, 5.74) is 1.12. The van der Waals surface area contributed by atoms with Crippen LogP contribution in [0.25, 0.3) is 0 Å². The highest BCUT2D eigenvalue weighted by Crippen LogP contribution is 2.29. The lowest BCUT2D eigenvalue weighted by Crippen LogP contribution is -2.20. The van der Waals surface area contributed by atoms with Crippen molar-refractivity contribution in [2.75, 3.05) is 17.7 Å². The molecule has 1 heterocycles. The van der Waals surface area contributed by atoms with Crippen LogP contribution in [0.5, 0.6) is 0 Å². The summed E-state index contributed by atoms with van der Waals surface area (Å²) in [6, 6.07) is 8.06. The highest BCUT2D eigenvalue weighted by Gasteiger charge is 2.17. The number of carbonyl (C=O) groups is 2. The van der Waals surface area contributed by atoms with E-state index in [9.17, 15) is 9.59 Å². The first-order chi connectivity index (χ1) is 11.4. The maximum Gasteiger partial charge on any atom is 0.340 e. The Morgan fingerprint density at radius 3 is 2.67 bits per heavy atom. The van der Waals surface area contributed by atoms with Gasteiger partial charge in [0.05, 0.1) is 18.2 Å². The van der Waals surface area contributed by atoms with E-state index in [2.05, 4.69) is 10.6 Å². The van der Waals surface area contributed by atoms with Crippen molar-refractivity contribution < 1.29 is 19.4 Å². The molecule has 126 valence electrons. The summed E-state index contributed by atoms with van der Waals surface area (Å²) < 4.78 is 4.78. The lowest BCUT2D eigenvalue weighted by molar-refractivity contribution is 0.0601. The van der Waals surface area contributed by atoms with Gasteiger partial charge in [-0.1, -0.05) is 13.0 Å². The molecular formula is C16H16N2O4S2. The van der Waals surface area contributed by atoms with Crippen LogP contribution >= 0.6 is 23.6 Å². The molecule has 0 aliphatic carbocycles. The summed E-state index contributed by atoms with van der Waals surface area (Å²) in [5, 5.41) is 15.7. The highest BCUT2D eigenvalue weighted by atomic mass is 32.1. The van der Waals surface area contributed by atoms with E-state index < -0.39 is 11.9 Å². The van der Waals surface area contributed by atoms with Crippen molar-refractivity contribution in [2.24, 2.45) is 0 Å². The first-order valence-electron chi connectivity index (χ1n) is 7.07. The Hall–Kier alpha value is -2.45. The van der Waals surface area contributed by atoms with Crippen molar-refractivity contribution in [1.82, 2.24) is 0 Å². The Kier molecular flexibility index (Phi) is 5.88. The van der Waals surface area contributed by atoms with Gasteiger partial charge in [-0.25, -0.2) is 9.59 Å². The van der Waals surface area contributed by atoms with Crippen molar-refractivity contribution in [3.05, 3.63) is 46.3 Å². The third kappa shape index (κ3) is 4.30. The molecular weight excluding hydrogens is 348 g/mol. The molecule has 24 heavy (non-hydrogen) atoms. The summed E-state index contributed by atoms with van der Waals surface area (Å²) in [7, 11) is 1.32. The normalized spacial score (nSPS) is 10.1. The number of carboxylic acids is 1. The van der Waals surface area contributed by atoms with E-state index in [0.29, 0.717) is 16.3 Å². The van der Waals surface area contributed by atoms with E-state index in [1.807, 2.05) is 6.92 Å². The lowest BCUT2D eigenvalue weighted by atomic mass is 10.2. The molecule has 0 radical (unpaired) electrons. The minimum Gasteiger partial charge on any atom is -0.478 e. The first-order valence-corrected chi connectivity index (χ1v) is 8.29. The number of ether oxygens (including phenoxy) is 1. The average molecular weight is 364 g/mol. The molecule has 0 amide bonds. The van der Waals surface area contributed by atoms with Crippen LogP contribution in [0.1, 0.15) is 32.5 Å². The van der Waals surface area contributed by atoms with Gasteiger partial charge in [0, 0.05) is 10.6 Å². The van der Waals surface area contributed by atoms with Crippen molar-refractivity contribution in [1.29, 1.82) is 0 Å². The topological polar surface area (TPSA) is 87.7 Å². The quantitative estimate of drug-likeness (QED) is 0.552. The molecule has 0 spiro atoms. The van der Waals surface area contributed by atoms with Gasteiger partial charge in [0.15, 0.2) is 5.11 Å². The Morgan fingerprint density at radius 2 is 2.04 bits per heavy atom. The molecule has 1 aromatic heterocycles. The fourth-order valence-electron chi connectivity index (χ4n) is 1.97. The van der Waals surface area contributed by atoms with Crippen LogP contribution in [-0.4, -0.2) is 29.3 Å². The van der Waals surface area contributed by atoms with Crippen molar-refractivity contribution in [3.8, 4) is 0 Å². The molecule has 0 bridgehead atoms. The average Bonchev–Trinajstić information content (AvgIpc) is 2.97. The molecule has 2 rings (SSSR count). The smallest absolute Gasteiger partial charge is 0.340 e. The van der Waals surface area contributed by atoms with Crippen LogP contribution in [0.2, 0.25) is 0 Å². The van der Waals surface area contributed by atoms with Crippen molar-refractivity contribution >= 4 is 51.3 Å². The summed E-state index contributed by atoms with van der Waals surface area (Å²) >= 11 is 6.66. The number of thiophene rings is 1. The van der Waals surface area contributed by atoms with Crippen LogP contribution in [0, 0.1) is 0 Å². The Bertz CT molecular complexity index is 786. The molecule has 6 nitrogen and oxygen atoms in total. The van der Waals surface area contributed by atoms with Gasteiger partial charge in [0.2, 0.25) is 0 Å². The van der Waals surface area contributed by atoms with E-state index in [1.54, 1.807) is 18.2 Å². The molecule has 0 aliphatic heterocycles. The minimum atomic E-state index is -1.02. The maximum atomic E-state index is 11.8. The van der Waals surface area contributed by atoms with E-state index >= 15 is 0 Å². The highest BCUT2D eigenvalue weighted by molar-refractivity contribution is 7.80. The number of hydrogen-bond acceptors (Lipinski definition) is 5. The fourth-order valence-corrected chi connectivity index (χ4v) is 3.24. The van der Waals surface area contributed by atoms with Gasteiger partial charge in [-0.15, -0.1) is 11.3 Å². The number of hydrogen-bond donors (Lipinski definition) is 3. The van der Waals surface area contributed by atoms with Crippen molar-refractivity contribution in [3.63, 3.8) is 0 Å². The number of rotatable bonds is 5. The van der Waals surface area contributed by atoms with E-state index in [1.165, 1.54) is 30.6 Å². The number of nitrogens with one attached hydrogen (secondary N) is 2. The fraction of sp³-hybridized carbons (Fsp3) is 0.188. The number of carboxylic acid groups (broad SMARTS) is 1. The van der Waals surface area contributed by atoms with Gasteiger partial charge < -0.3 is 20.5 Å². The van der Waals surface area contributed by atoms with Gasteiger partial charge in [-0.05, 0) is 42.9 Å². The number of aryl methyl sites for hydroxylation is 1. The maximum absolute atomic E-state index is 11.8.